The van der Waals surface area contributed by atoms with E-state index in [0.717, 1.165) is 0 Å². The number of hydrogen-bond donors (Lipinski definition) is 1. The number of hydrogen-bond acceptors (Lipinski definition) is 7. The number of piperazine rings is 1. The molecule has 3 aromatic heterocycles. The molecule has 7 rings (SSSR count). The Bertz CT molecular complexity index is 2170. The Morgan fingerprint density at radius 1 is 1.13 bits per heavy atom. The molecule has 242 valence electrons. The highest BCUT2D eigenvalue weighted by molar-refractivity contribution is 6.04. The first kappa shape index (κ1) is 30.5. The number of fused-ring (bicyclic) bond motifs is 3. The van der Waals surface area contributed by atoms with Crippen LogP contribution in [-0.2, 0) is 4.79 Å². The van der Waals surface area contributed by atoms with Gasteiger partial charge in [-0.2, -0.15) is 10.1 Å². The molecule has 2 aliphatic rings. The van der Waals surface area contributed by atoms with Gasteiger partial charge in [-0.25, -0.2) is 13.6 Å². The number of H-pyrrole nitrogens is 1. The molecule has 47 heavy (non-hydrogen) atoms. The van der Waals surface area contributed by atoms with Crippen LogP contribution in [0.5, 0.6) is 5.75 Å². The second kappa shape index (κ2) is 11.3. The fourth-order valence-corrected chi connectivity index (χ4v) is 7.14. The van der Waals surface area contributed by atoms with Crippen LogP contribution in [0, 0.1) is 25.5 Å². The first-order valence-electron chi connectivity index (χ1n) is 15.7. The van der Waals surface area contributed by atoms with Gasteiger partial charge in [0.05, 0.1) is 46.7 Å². The third kappa shape index (κ3) is 4.60. The predicted octanol–water partition coefficient (Wildman–Crippen LogP) is 5.72. The van der Waals surface area contributed by atoms with Crippen molar-refractivity contribution in [2.75, 3.05) is 24.6 Å². The molecule has 0 saturated carbocycles. The Labute approximate surface area is 269 Å². The number of aryl methyl sites for hydroxylation is 2. The van der Waals surface area contributed by atoms with Crippen molar-refractivity contribution in [1.29, 1.82) is 0 Å². The van der Waals surface area contributed by atoms with Gasteiger partial charge in [0.2, 0.25) is 5.91 Å². The molecular weight excluding hydrogens is 604 g/mol. The molecule has 5 heterocycles. The van der Waals surface area contributed by atoms with Gasteiger partial charge in [0.15, 0.2) is 17.4 Å². The summed E-state index contributed by atoms with van der Waals surface area (Å²) in [5, 5.41) is 7.60. The van der Waals surface area contributed by atoms with Gasteiger partial charge in [0, 0.05) is 42.7 Å². The van der Waals surface area contributed by atoms with Gasteiger partial charge in [0.1, 0.15) is 11.3 Å². The number of carbonyl (C=O) groups is 1. The Morgan fingerprint density at radius 2 is 1.91 bits per heavy atom. The third-order valence-electron chi connectivity index (χ3n) is 9.43. The molecule has 0 radical (unpaired) electrons. The van der Waals surface area contributed by atoms with Crippen molar-refractivity contribution in [2.45, 2.75) is 59.0 Å². The van der Waals surface area contributed by atoms with Crippen molar-refractivity contribution < 1.29 is 18.3 Å². The number of amides is 1. The largest absolute Gasteiger partial charge is 0.490 e. The lowest BCUT2D eigenvalue weighted by atomic mass is 9.93. The second-order valence-corrected chi connectivity index (χ2v) is 12.7. The molecule has 0 bridgehead atoms. The molecule has 2 aromatic carbocycles. The highest BCUT2D eigenvalue weighted by Gasteiger charge is 2.39. The highest BCUT2D eigenvalue weighted by Crippen LogP contribution is 2.47. The van der Waals surface area contributed by atoms with Crippen LogP contribution >= 0.6 is 0 Å². The zero-order chi connectivity index (χ0) is 33.3. The maximum absolute atomic E-state index is 17.7. The number of nitrogens with zero attached hydrogens (tertiary/aromatic N) is 6. The molecule has 1 saturated heterocycles. The third-order valence-corrected chi connectivity index (χ3v) is 9.43. The summed E-state index contributed by atoms with van der Waals surface area (Å²) < 4.78 is 42.3. The number of benzene rings is 2. The number of carbonyl (C=O) groups excluding carboxylic acids is 1. The number of aromatic amines is 1. The minimum Gasteiger partial charge on any atom is -0.490 e. The van der Waals surface area contributed by atoms with Crippen LogP contribution in [0.4, 0.5) is 14.6 Å². The minimum absolute atomic E-state index is 0.0544. The Balaban J connectivity index is 1.64. The molecule has 2 aliphatic heterocycles. The number of ether oxygens (including phenoxy) is 1. The molecular formula is C35H35F2N7O3. The average molecular weight is 640 g/mol. The lowest BCUT2D eigenvalue weighted by Crippen LogP contribution is -2.60. The fraction of sp³-hybridized carbons (Fsp3) is 0.343. The molecule has 0 spiro atoms. The zero-order valence-corrected chi connectivity index (χ0v) is 26.9. The molecule has 1 amide bonds. The van der Waals surface area contributed by atoms with E-state index in [2.05, 4.69) is 26.7 Å². The summed E-state index contributed by atoms with van der Waals surface area (Å²) in [6.45, 7) is 13.7. The summed E-state index contributed by atoms with van der Waals surface area (Å²) in [5.74, 6) is -2.23. The van der Waals surface area contributed by atoms with Crippen LogP contribution in [-0.4, -0.2) is 67.3 Å². The van der Waals surface area contributed by atoms with E-state index in [1.165, 1.54) is 16.8 Å². The Hall–Kier alpha value is -5.13. The highest BCUT2D eigenvalue weighted by atomic mass is 19.1. The van der Waals surface area contributed by atoms with E-state index < -0.39 is 17.3 Å². The van der Waals surface area contributed by atoms with E-state index in [4.69, 9.17) is 4.74 Å². The predicted molar refractivity (Wildman–Crippen MR) is 176 cm³/mol. The first-order valence-corrected chi connectivity index (χ1v) is 15.7. The van der Waals surface area contributed by atoms with Gasteiger partial charge >= 0.3 is 5.69 Å². The number of rotatable bonds is 4. The van der Waals surface area contributed by atoms with Gasteiger partial charge in [0.25, 0.3) is 0 Å². The van der Waals surface area contributed by atoms with Gasteiger partial charge < -0.3 is 14.5 Å². The van der Waals surface area contributed by atoms with E-state index in [9.17, 15) is 9.59 Å². The topological polar surface area (TPSA) is 109 Å². The Morgan fingerprint density at radius 3 is 2.66 bits per heavy atom. The number of aromatic nitrogens is 5. The van der Waals surface area contributed by atoms with Crippen molar-refractivity contribution in [1.82, 2.24) is 29.6 Å². The normalized spacial score (nSPS) is 17.9. The van der Waals surface area contributed by atoms with Crippen molar-refractivity contribution >= 4 is 33.5 Å². The summed E-state index contributed by atoms with van der Waals surface area (Å²) in [6, 6.07) is 4.71. The van der Waals surface area contributed by atoms with Crippen molar-refractivity contribution in [3.63, 3.8) is 0 Å². The zero-order valence-electron chi connectivity index (χ0n) is 26.9. The maximum Gasteiger partial charge on any atom is 0.354 e. The van der Waals surface area contributed by atoms with Gasteiger partial charge in [-0.3, -0.25) is 19.4 Å². The monoisotopic (exact) mass is 639 g/mol. The molecule has 1 N–H and O–H groups in total. The lowest BCUT2D eigenvalue weighted by Gasteiger charge is -2.46. The lowest BCUT2D eigenvalue weighted by molar-refractivity contribution is -0.129. The molecule has 2 atom stereocenters. The molecule has 12 heteroatoms. The van der Waals surface area contributed by atoms with Crippen LogP contribution < -0.4 is 15.3 Å². The molecule has 10 nitrogen and oxygen atoms in total. The van der Waals surface area contributed by atoms with Crippen molar-refractivity contribution in [3.8, 4) is 22.6 Å². The minimum atomic E-state index is -0.925. The summed E-state index contributed by atoms with van der Waals surface area (Å²) in [4.78, 5) is 39.8. The number of nitrogens with one attached hydrogen (secondary N) is 1. The van der Waals surface area contributed by atoms with Gasteiger partial charge in [-0.15, -0.1) is 0 Å². The van der Waals surface area contributed by atoms with Crippen LogP contribution in [0.1, 0.15) is 49.9 Å². The van der Waals surface area contributed by atoms with E-state index in [1.807, 2.05) is 32.6 Å². The Kier molecular flexibility index (Phi) is 7.33. The smallest absolute Gasteiger partial charge is 0.354 e. The van der Waals surface area contributed by atoms with Crippen LogP contribution in [0.25, 0.3) is 38.6 Å². The van der Waals surface area contributed by atoms with Crippen LogP contribution in [0.15, 0.2) is 48.0 Å². The van der Waals surface area contributed by atoms with Gasteiger partial charge in [-0.05, 0) is 56.0 Å². The standard InChI is InChI=1S/C35H35F2N7O3/c1-7-24(45)42-16-21-11-13-47-33-27-32(28(36)26(29(33)37)25-18(4)8-9-23-22(25)14-39-41-23)44(31-19(5)10-12-38-30(31)17(2)3)35(46)40-34(27)43(21)15-20(42)6/h7-10,12,14,17,20-21H,1,11,13,15-16H2,2-6H3,(H,39,41). The van der Waals surface area contributed by atoms with Crippen molar-refractivity contribution in [2.24, 2.45) is 0 Å². The molecule has 5 aromatic rings. The summed E-state index contributed by atoms with van der Waals surface area (Å²) in [5.41, 5.74) is 1.97. The number of pyridine rings is 1. The average Bonchev–Trinajstić information content (AvgIpc) is 3.52. The van der Waals surface area contributed by atoms with E-state index >= 15 is 8.78 Å². The van der Waals surface area contributed by atoms with E-state index in [-0.39, 0.29) is 65.1 Å². The molecule has 2 unspecified atom stereocenters. The SMILES string of the molecule is C=CC(=O)N1CC2CCOc3c(F)c(-c4c(C)ccc5[nH]ncc45)c(F)c4c3c(nc(=O)n4-c3c(C)ccnc3C(C)C)N2CC1C. The second-order valence-electron chi connectivity index (χ2n) is 12.7. The fourth-order valence-electron chi connectivity index (χ4n) is 7.14. The maximum atomic E-state index is 17.7. The van der Waals surface area contributed by atoms with Crippen LogP contribution in [0.2, 0.25) is 0 Å². The summed E-state index contributed by atoms with van der Waals surface area (Å²) in [7, 11) is 0. The van der Waals surface area contributed by atoms with E-state index in [0.29, 0.717) is 51.9 Å². The number of anilines is 1. The summed E-state index contributed by atoms with van der Waals surface area (Å²) >= 11 is 0. The molecule has 1 fully saturated rings. The number of halogens is 2. The molecule has 0 aliphatic carbocycles. The summed E-state index contributed by atoms with van der Waals surface area (Å²) in [6.07, 6.45) is 4.86. The van der Waals surface area contributed by atoms with Gasteiger partial charge in [-0.1, -0.05) is 26.5 Å². The quantitative estimate of drug-likeness (QED) is 0.251. The van der Waals surface area contributed by atoms with Crippen molar-refractivity contribution in [3.05, 3.63) is 82.2 Å². The van der Waals surface area contributed by atoms with E-state index in [1.54, 1.807) is 36.2 Å². The first-order chi connectivity index (χ1) is 22.5. The van der Waals surface area contributed by atoms with Crippen LogP contribution in [0.3, 0.4) is 0 Å².